The van der Waals surface area contributed by atoms with Crippen molar-refractivity contribution in [1.29, 1.82) is 0 Å². The highest BCUT2D eigenvalue weighted by atomic mass is 16.2. The van der Waals surface area contributed by atoms with Crippen molar-refractivity contribution in [2.24, 2.45) is 7.05 Å². The summed E-state index contributed by atoms with van der Waals surface area (Å²) in [6.45, 7) is 0.509. The number of rotatable bonds is 6. The van der Waals surface area contributed by atoms with Gasteiger partial charge in [0.25, 0.3) is 11.8 Å². The first kappa shape index (κ1) is 17.8. The number of imidazole rings is 1. The monoisotopic (exact) mass is 377 g/mol. The highest BCUT2D eigenvalue weighted by Crippen LogP contribution is 2.20. The molecule has 3 aromatic rings. The van der Waals surface area contributed by atoms with Gasteiger partial charge in [0.2, 0.25) is 5.91 Å². The number of nitrogens with zero attached hydrogens (tertiary/aromatic N) is 4. The molecule has 8 heteroatoms. The van der Waals surface area contributed by atoms with Crippen molar-refractivity contribution in [3.8, 4) is 0 Å². The lowest BCUT2D eigenvalue weighted by atomic mass is 10.2. The average molecular weight is 377 g/mol. The van der Waals surface area contributed by atoms with Crippen LogP contribution >= 0.6 is 0 Å². The Hall–Kier alpha value is -3.55. The van der Waals surface area contributed by atoms with Crippen LogP contribution in [0.4, 0.5) is 0 Å². The Balaban J connectivity index is 1.29. The number of hydrogen-bond acceptors (Lipinski definition) is 5. The smallest absolute Gasteiger partial charge is 0.280 e. The van der Waals surface area contributed by atoms with Gasteiger partial charge in [0.15, 0.2) is 0 Å². The molecule has 2 aromatic heterocycles. The van der Waals surface area contributed by atoms with Crippen LogP contribution in [0.15, 0.2) is 42.6 Å². The molecule has 4 rings (SSSR count). The van der Waals surface area contributed by atoms with Gasteiger partial charge < -0.3 is 9.88 Å². The molecule has 8 nitrogen and oxygen atoms in total. The molecule has 0 fully saturated rings. The Morgan fingerprint density at radius 2 is 1.93 bits per heavy atom. The summed E-state index contributed by atoms with van der Waals surface area (Å²) in [6.07, 6.45) is 2.09. The van der Waals surface area contributed by atoms with E-state index < -0.39 is 5.91 Å². The van der Waals surface area contributed by atoms with Crippen molar-refractivity contribution in [3.63, 3.8) is 0 Å². The van der Waals surface area contributed by atoms with Crippen LogP contribution < -0.4 is 5.32 Å². The van der Waals surface area contributed by atoms with Crippen molar-refractivity contribution >= 4 is 28.8 Å². The van der Waals surface area contributed by atoms with E-state index in [1.807, 2.05) is 35.9 Å². The third-order valence-corrected chi connectivity index (χ3v) is 4.84. The molecule has 1 aromatic carbocycles. The zero-order valence-corrected chi connectivity index (χ0v) is 15.4. The maximum absolute atomic E-state index is 12.3. The minimum absolute atomic E-state index is 0.151. The van der Waals surface area contributed by atoms with Crippen LogP contribution in [0, 0.1) is 0 Å². The van der Waals surface area contributed by atoms with E-state index in [9.17, 15) is 14.4 Å². The maximum Gasteiger partial charge on any atom is 0.280 e. The van der Waals surface area contributed by atoms with Gasteiger partial charge in [0.05, 0.1) is 23.1 Å². The molecule has 142 valence electrons. The highest BCUT2D eigenvalue weighted by Gasteiger charge is 2.36. The summed E-state index contributed by atoms with van der Waals surface area (Å²) in [7, 11) is 1.91. The molecule has 0 unspecified atom stereocenters. The number of carbonyl (C=O) groups is 3. The van der Waals surface area contributed by atoms with Crippen LogP contribution in [0.25, 0.3) is 11.0 Å². The second-order valence-electron chi connectivity index (χ2n) is 6.62. The molecule has 0 aliphatic carbocycles. The van der Waals surface area contributed by atoms with Crippen LogP contribution in [0.1, 0.15) is 39.5 Å². The molecule has 1 aliphatic rings. The van der Waals surface area contributed by atoms with E-state index >= 15 is 0 Å². The lowest BCUT2D eigenvalue weighted by molar-refractivity contribution is -0.121. The number of fused-ring (bicyclic) bond motifs is 2. The second kappa shape index (κ2) is 7.22. The summed E-state index contributed by atoms with van der Waals surface area (Å²) < 4.78 is 1.95. The summed E-state index contributed by atoms with van der Waals surface area (Å²) in [5.74, 6) is -0.142. The molecule has 1 aliphatic heterocycles. The minimum Gasteiger partial charge on any atom is -0.349 e. The lowest BCUT2D eigenvalue weighted by Crippen LogP contribution is -2.32. The number of carbonyl (C=O) groups excluding carboxylic acids is 3. The summed E-state index contributed by atoms with van der Waals surface area (Å²) in [6, 6.07) is 11.0. The zero-order chi connectivity index (χ0) is 19.7. The van der Waals surface area contributed by atoms with Crippen molar-refractivity contribution in [2.75, 3.05) is 6.54 Å². The number of aryl methyl sites for hydroxylation is 1. The highest BCUT2D eigenvalue weighted by molar-refractivity contribution is 6.20. The first-order valence-electron chi connectivity index (χ1n) is 9.04. The van der Waals surface area contributed by atoms with Crippen LogP contribution in [0.2, 0.25) is 0 Å². The maximum atomic E-state index is 12.3. The third kappa shape index (κ3) is 3.13. The number of para-hydroxylation sites is 2. The van der Waals surface area contributed by atoms with E-state index in [1.54, 1.807) is 12.1 Å². The fourth-order valence-corrected chi connectivity index (χ4v) is 3.33. The van der Waals surface area contributed by atoms with Gasteiger partial charge in [-0.2, -0.15) is 0 Å². The molecule has 0 saturated carbocycles. The molecule has 28 heavy (non-hydrogen) atoms. The van der Waals surface area contributed by atoms with E-state index in [1.165, 1.54) is 6.20 Å². The Labute approximate surface area is 161 Å². The van der Waals surface area contributed by atoms with Gasteiger partial charge in [0.1, 0.15) is 11.5 Å². The van der Waals surface area contributed by atoms with Crippen molar-refractivity contribution in [3.05, 3.63) is 59.7 Å². The van der Waals surface area contributed by atoms with Crippen molar-refractivity contribution < 1.29 is 14.4 Å². The summed E-state index contributed by atoms with van der Waals surface area (Å²) in [5, 5.41) is 2.84. The number of pyridine rings is 1. The average Bonchev–Trinajstić information content (AvgIpc) is 3.16. The van der Waals surface area contributed by atoms with Crippen LogP contribution in [-0.2, 0) is 18.4 Å². The van der Waals surface area contributed by atoms with Gasteiger partial charge >= 0.3 is 0 Å². The van der Waals surface area contributed by atoms with Gasteiger partial charge in [0, 0.05) is 26.2 Å². The molecular weight excluding hydrogens is 358 g/mol. The molecule has 0 radical (unpaired) electrons. The molecule has 3 amide bonds. The molecule has 0 atom stereocenters. The standard InChI is InChI=1S/C20H19N5O3/c1-24-15-8-3-2-7-14(15)23-16(24)12-22-17(26)9-5-11-25-19(27)13-6-4-10-21-18(13)20(25)28/h2-4,6-8,10H,5,9,11-12H2,1H3,(H,22,26). The predicted molar refractivity (Wildman–Crippen MR) is 101 cm³/mol. The first-order chi connectivity index (χ1) is 13.6. The summed E-state index contributed by atoms with van der Waals surface area (Å²) >= 11 is 0. The molecular formula is C20H19N5O3. The Kier molecular flexibility index (Phi) is 4.60. The quantitative estimate of drug-likeness (QED) is 0.659. The zero-order valence-electron chi connectivity index (χ0n) is 15.4. The molecule has 0 spiro atoms. The Morgan fingerprint density at radius 1 is 1.11 bits per heavy atom. The Bertz CT molecular complexity index is 1050. The Morgan fingerprint density at radius 3 is 2.71 bits per heavy atom. The van der Waals surface area contributed by atoms with E-state index in [0.29, 0.717) is 18.5 Å². The molecule has 3 heterocycles. The third-order valence-electron chi connectivity index (χ3n) is 4.84. The van der Waals surface area contributed by atoms with E-state index in [4.69, 9.17) is 0 Å². The summed E-state index contributed by atoms with van der Waals surface area (Å²) in [5.41, 5.74) is 2.39. The van der Waals surface area contributed by atoms with Crippen molar-refractivity contribution in [2.45, 2.75) is 19.4 Å². The number of hydrogen-bond donors (Lipinski definition) is 1. The fraction of sp³-hybridized carbons (Fsp3) is 0.250. The van der Waals surface area contributed by atoms with Gasteiger partial charge in [-0.25, -0.2) is 4.98 Å². The summed E-state index contributed by atoms with van der Waals surface area (Å²) in [4.78, 5) is 46.3. The predicted octanol–water partition coefficient (Wildman–Crippen LogP) is 1.66. The van der Waals surface area contributed by atoms with Crippen LogP contribution in [0.3, 0.4) is 0 Å². The number of imide groups is 1. The van der Waals surface area contributed by atoms with Gasteiger partial charge in [-0.1, -0.05) is 12.1 Å². The minimum atomic E-state index is -0.402. The number of aromatic nitrogens is 3. The molecule has 0 saturated heterocycles. The van der Waals surface area contributed by atoms with E-state index in [-0.39, 0.29) is 30.5 Å². The normalized spacial score (nSPS) is 13.2. The lowest BCUT2D eigenvalue weighted by Gasteiger charge is -2.13. The molecule has 0 bridgehead atoms. The van der Waals surface area contributed by atoms with Crippen LogP contribution in [-0.4, -0.2) is 43.7 Å². The van der Waals surface area contributed by atoms with Gasteiger partial charge in [-0.3, -0.25) is 24.3 Å². The van der Waals surface area contributed by atoms with E-state index in [2.05, 4.69) is 15.3 Å². The van der Waals surface area contributed by atoms with Gasteiger partial charge in [-0.15, -0.1) is 0 Å². The van der Waals surface area contributed by atoms with Crippen molar-refractivity contribution in [1.82, 2.24) is 24.8 Å². The topological polar surface area (TPSA) is 97.2 Å². The number of amides is 3. The number of benzene rings is 1. The molecule has 1 N–H and O–H groups in total. The first-order valence-corrected chi connectivity index (χ1v) is 9.04. The SMILES string of the molecule is Cn1c(CNC(=O)CCCN2C(=O)c3cccnc3C2=O)nc2ccccc21. The van der Waals surface area contributed by atoms with Crippen LogP contribution in [0.5, 0.6) is 0 Å². The largest absolute Gasteiger partial charge is 0.349 e. The number of nitrogens with one attached hydrogen (secondary N) is 1. The fourth-order valence-electron chi connectivity index (χ4n) is 3.33. The second-order valence-corrected chi connectivity index (χ2v) is 6.62. The van der Waals surface area contributed by atoms with Gasteiger partial charge in [-0.05, 0) is 30.7 Å². The van der Waals surface area contributed by atoms with E-state index in [0.717, 1.165) is 21.8 Å².